The lowest BCUT2D eigenvalue weighted by Gasteiger charge is -2.18. The molecule has 5 rings (SSSR count). The minimum absolute atomic E-state index is 0.228. The Morgan fingerprint density at radius 3 is 2.75 bits per heavy atom. The van der Waals surface area contributed by atoms with Gasteiger partial charge in [-0.15, -0.1) is 0 Å². The van der Waals surface area contributed by atoms with E-state index in [-0.39, 0.29) is 11.9 Å². The number of aromatic nitrogens is 3. The van der Waals surface area contributed by atoms with Crippen LogP contribution in [0.1, 0.15) is 31.4 Å². The monoisotopic (exact) mass is 616 g/mol. The minimum Gasteiger partial charge on any atom is -0.491 e. The highest BCUT2D eigenvalue weighted by Gasteiger charge is 2.20. The highest BCUT2D eigenvalue weighted by Crippen LogP contribution is 2.39. The lowest BCUT2D eigenvalue weighted by molar-refractivity contribution is -0.112. The van der Waals surface area contributed by atoms with Gasteiger partial charge in [0.1, 0.15) is 24.5 Å². The Labute approximate surface area is 262 Å². The number of nitrogens with zero attached hydrogens (tertiary/aromatic N) is 4. The zero-order valence-electron chi connectivity index (χ0n) is 25.0. The molecule has 1 saturated heterocycles. The summed E-state index contributed by atoms with van der Waals surface area (Å²) in [6.07, 6.45) is 10.5. The number of likely N-dealkylation sites (tertiary alicyclic amines) is 1. The molecule has 0 saturated carbocycles. The zero-order chi connectivity index (χ0) is 30.7. The van der Waals surface area contributed by atoms with Crippen molar-refractivity contribution in [3.63, 3.8) is 0 Å². The first-order valence-corrected chi connectivity index (χ1v) is 15.1. The summed E-state index contributed by atoms with van der Waals surface area (Å²) in [6, 6.07) is 15.0. The molecule has 1 aliphatic rings. The summed E-state index contributed by atoms with van der Waals surface area (Å²) in [7, 11) is 3.75. The Hall–Kier alpha value is -4.25. The molecule has 11 heteroatoms. The topological polar surface area (TPSA) is 111 Å². The molecule has 10 nitrogen and oxygen atoms in total. The predicted molar refractivity (Wildman–Crippen MR) is 173 cm³/mol. The number of ether oxygens (including phenoxy) is 3. The molecule has 230 valence electrons. The fourth-order valence-corrected chi connectivity index (χ4v) is 5.24. The van der Waals surface area contributed by atoms with Crippen molar-refractivity contribution in [1.29, 1.82) is 0 Å². The first-order chi connectivity index (χ1) is 21.5. The van der Waals surface area contributed by atoms with Crippen molar-refractivity contribution >= 4 is 45.6 Å². The maximum atomic E-state index is 13.0. The molecule has 2 aromatic carbocycles. The van der Waals surface area contributed by atoms with Gasteiger partial charge in [-0.25, -0.2) is 9.97 Å². The van der Waals surface area contributed by atoms with Crippen LogP contribution in [0.4, 0.5) is 17.2 Å². The van der Waals surface area contributed by atoms with Gasteiger partial charge in [0.25, 0.3) is 0 Å². The van der Waals surface area contributed by atoms with Crippen molar-refractivity contribution in [2.24, 2.45) is 0 Å². The minimum atomic E-state index is -0.228. The number of anilines is 3. The second kappa shape index (κ2) is 15.5. The van der Waals surface area contributed by atoms with Crippen LogP contribution in [0.15, 0.2) is 73.2 Å². The molecule has 3 heterocycles. The van der Waals surface area contributed by atoms with Crippen LogP contribution < -0.4 is 20.1 Å². The van der Waals surface area contributed by atoms with Gasteiger partial charge in [-0.3, -0.25) is 14.7 Å². The van der Waals surface area contributed by atoms with Crippen LogP contribution in [-0.2, 0) is 16.1 Å². The van der Waals surface area contributed by atoms with Crippen LogP contribution >= 0.6 is 11.6 Å². The van der Waals surface area contributed by atoms with E-state index in [0.717, 1.165) is 37.9 Å². The number of carbonyl (C=O) groups excluding carboxylic acids is 1. The van der Waals surface area contributed by atoms with E-state index in [0.29, 0.717) is 64.4 Å². The number of pyridine rings is 1. The number of amides is 1. The van der Waals surface area contributed by atoms with Crippen LogP contribution in [0.3, 0.4) is 0 Å². The number of likely N-dealkylation sites (N-methyl/N-ethyl adjacent to an activating group) is 1. The first kappa shape index (κ1) is 31.2. The van der Waals surface area contributed by atoms with E-state index in [1.54, 1.807) is 31.5 Å². The number of rotatable bonds is 14. The van der Waals surface area contributed by atoms with Crippen molar-refractivity contribution in [1.82, 2.24) is 19.9 Å². The van der Waals surface area contributed by atoms with Crippen molar-refractivity contribution < 1.29 is 19.0 Å². The molecular formula is C33H37ClN6O4. The number of hydrogen-bond donors (Lipinski definition) is 2. The average molecular weight is 617 g/mol. The Bertz CT molecular complexity index is 1590. The second-order valence-corrected chi connectivity index (χ2v) is 10.9. The average Bonchev–Trinajstić information content (AvgIpc) is 3.45. The maximum Gasteiger partial charge on any atom is 0.248 e. The van der Waals surface area contributed by atoms with Crippen LogP contribution in [-0.4, -0.2) is 65.7 Å². The van der Waals surface area contributed by atoms with Gasteiger partial charge in [-0.2, -0.15) is 0 Å². The molecule has 2 N–H and O–H groups in total. The second-order valence-electron chi connectivity index (χ2n) is 10.5. The fraction of sp³-hybridized carbons (Fsp3) is 0.333. The standard InChI is InChI=1S/C33H37ClN6O4/c1-40-17-7-9-25(40)11-15-30(41)39-28-13-12-27-31(32(28)43-19-6-5-18-42-2)33(37-22-36-27)38-23-10-14-29(26(34)20-23)44-21-24-8-3-4-16-35-24/h3-4,8,10-16,20,22,25H,5-7,9,17-19,21H2,1-2H3,(H,39,41)(H,36,37,38)/b15-11+. The number of nitrogens with one attached hydrogen (secondary N) is 2. The Kier molecular flexibility index (Phi) is 11.0. The molecule has 1 atom stereocenters. The molecule has 2 aromatic heterocycles. The molecule has 0 spiro atoms. The third kappa shape index (κ3) is 8.22. The van der Waals surface area contributed by atoms with Gasteiger partial charge < -0.3 is 24.8 Å². The van der Waals surface area contributed by atoms with Crippen molar-refractivity contribution in [3.8, 4) is 11.5 Å². The zero-order valence-corrected chi connectivity index (χ0v) is 25.7. The Balaban J connectivity index is 1.39. The van der Waals surface area contributed by atoms with E-state index in [2.05, 4.69) is 37.5 Å². The number of halogens is 1. The number of carbonyl (C=O) groups is 1. The van der Waals surface area contributed by atoms with Gasteiger partial charge in [-0.05, 0) is 81.7 Å². The fourth-order valence-electron chi connectivity index (χ4n) is 5.01. The molecule has 1 unspecified atom stereocenters. The number of benzene rings is 2. The summed E-state index contributed by atoms with van der Waals surface area (Å²) in [5.41, 5.74) is 2.70. The molecule has 1 fully saturated rings. The molecular weight excluding hydrogens is 580 g/mol. The normalized spacial score (nSPS) is 15.1. The van der Waals surface area contributed by atoms with E-state index in [4.69, 9.17) is 25.8 Å². The van der Waals surface area contributed by atoms with E-state index < -0.39 is 0 Å². The lowest BCUT2D eigenvalue weighted by atomic mass is 10.1. The smallest absolute Gasteiger partial charge is 0.248 e. The van der Waals surface area contributed by atoms with E-state index in [9.17, 15) is 4.79 Å². The summed E-state index contributed by atoms with van der Waals surface area (Å²) in [6.45, 7) is 2.40. The van der Waals surface area contributed by atoms with Crippen LogP contribution in [0.25, 0.3) is 10.9 Å². The molecule has 1 aliphatic heterocycles. The molecule has 4 aromatic rings. The van der Waals surface area contributed by atoms with Gasteiger partial charge in [0.2, 0.25) is 5.91 Å². The molecule has 0 radical (unpaired) electrons. The number of methoxy groups -OCH3 is 1. The van der Waals surface area contributed by atoms with Crippen LogP contribution in [0.5, 0.6) is 11.5 Å². The maximum absolute atomic E-state index is 13.0. The van der Waals surface area contributed by atoms with Crippen molar-refractivity contribution in [2.75, 3.05) is 44.5 Å². The first-order valence-electron chi connectivity index (χ1n) is 14.7. The number of hydrogen-bond acceptors (Lipinski definition) is 9. The quantitative estimate of drug-likeness (QED) is 0.123. The van der Waals surface area contributed by atoms with E-state index in [1.807, 2.05) is 42.5 Å². The Morgan fingerprint density at radius 2 is 1.98 bits per heavy atom. The molecule has 0 aliphatic carbocycles. The van der Waals surface area contributed by atoms with Crippen molar-refractivity contribution in [3.05, 3.63) is 83.9 Å². The van der Waals surface area contributed by atoms with Gasteiger partial charge in [0, 0.05) is 37.7 Å². The highest BCUT2D eigenvalue weighted by molar-refractivity contribution is 6.32. The third-order valence-electron chi connectivity index (χ3n) is 7.35. The van der Waals surface area contributed by atoms with Crippen LogP contribution in [0.2, 0.25) is 5.02 Å². The summed E-state index contributed by atoms with van der Waals surface area (Å²) >= 11 is 6.58. The Morgan fingerprint density at radius 1 is 1.09 bits per heavy atom. The van der Waals surface area contributed by atoms with E-state index in [1.165, 1.54) is 6.33 Å². The summed E-state index contributed by atoms with van der Waals surface area (Å²) in [4.78, 5) is 28.5. The summed E-state index contributed by atoms with van der Waals surface area (Å²) < 4.78 is 17.4. The summed E-state index contributed by atoms with van der Waals surface area (Å²) in [5.74, 6) is 1.31. The summed E-state index contributed by atoms with van der Waals surface area (Å²) in [5, 5.41) is 7.44. The van der Waals surface area contributed by atoms with Crippen LogP contribution in [0, 0.1) is 0 Å². The number of unbranched alkanes of at least 4 members (excludes halogenated alkanes) is 1. The SMILES string of the molecule is COCCCCOc1c(NC(=O)/C=C/C2CCCN2C)ccc2ncnc(Nc3ccc(OCc4ccccn4)c(Cl)c3)c12. The number of fused-ring (bicyclic) bond motifs is 1. The molecule has 0 bridgehead atoms. The van der Waals surface area contributed by atoms with Gasteiger partial charge in [-0.1, -0.05) is 23.7 Å². The lowest BCUT2D eigenvalue weighted by Crippen LogP contribution is -2.23. The predicted octanol–water partition coefficient (Wildman–Crippen LogP) is 6.40. The molecule has 44 heavy (non-hydrogen) atoms. The largest absolute Gasteiger partial charge is 0.491 e. The highest BCUT2D eigenvalue weighted by atomic mass is 35.5. The third-order valence-corrected chi connectivity index (χ3v) is 7.64. The van der Waals surface area contributed by atoms with Crippen molar-refractivity contribution in [2.45, 2.75) is 38.3 Å². The van der Waals surface area contributed by atoms with E-state index >= 15 is 0 Å². The molecule has 1 amide bonds. The van der Waals surface area contributed by atoms with Gasteiger partial charge in [0.05, 0.1) is 33.9 Å². The van der Waals surface area contributed by atoms with Gasteiger partial charge in [0.15, 0.2) is 5.75 Å². The van der Waals surface area contributed by atoms with Gasteiger partial charge >= 0.3 is 0 Å².